The highest BCUT2D eigenvalue weighted by Gasteiger charge is 2.39. The monoisotopic (exact) mass is 503 g/mol. The second-order valence-corrected chi connectivity index (χ2v) is 8.60. The molecular formula is C25H37N5O6. The average molecular weight is 504 g/mol. The van der Waals surface area contributed by atoms with Crippen LogP contribution in [0.25, 0.3) is 0 Å². The van der Waals surface area contributed by atoms with Gasteiger partial charge in [-0.05, 0) is 19.4 Å². The number of piperazine rings is 1. The smallest absolute Gasteiger partial charge is 0.338 e. The van der Waals surface area contributed by atoms with Crippen LogP contribution in [0.15, 0.2) is 29.5 Å². The minimum absolute atomic E-state index is 0.0673. The SMILES string of the molecule is CCCNC(=O)N1CCN(CC2=C(C(=O)OCC)[C@H](c3cccc(OC)c3OC)NC(=O)N2C)CC1. The molecule has 0 aliphatic carbocycles. The van der Waals surface area contributed by atoms with Crippen LogP contribution in [0.1, 0.15) is 31.9 Å². The summed E-state index contributed by atoms with van der Waals surface area (Å²) in [5.41, 5.74) is 1.49. The van der Waals surface area contributed by atoms with Crippen LogP contribution in [0.4, 0.5) is 9.59 Å². The van der Waals surface area contributed by atoms with E-state index in [4.69, 9.17) is 14.2 Å². The van der Waals surface area contributed by atoms with E-state index in [0.717, 1.165) is 6.42 Å². The maximum absolute atomic E-state index is 13.3. The number of nitrogens with zero attached hydrogens (tertiary/aromatic N) is 3. The molecule has 0 radical (unpaired) electrons. The zero-order chi connectivity index (χ0) is 26.2. The third kappa shape index (κ3) is 5.84. The van der Waals surface area contributed by atoms with E-state index in [2.05, 4.69) is 15.5 Å². The molecule has 1 fully saturated rings. The van der Waals surface area contributed by atoms with Crippen molar-refractivity contribution >= 4 is 18.0 Å². The number of methoxy groups -OCH3 is 2. The Morgan fingerprint density at radius 3 is 2.44 bits per heavy atom. The Morgan fingerprint density at radius 1 is 1.11 bits per heavy atom. The number of benzene rings is 1. The van der Waals surface area contributed by atoms with Crippen molar-refractivity contribution in [1.29, 1.82) is 0 Å². The first kappa shape index (κ1) is 27.1. The predicted molar refractivity (Wildman–Crippen MR) is 134 cm³/mol. The van der Waals surface area contributed by atoms with Crippen LogP contribution in [0.2, 0.25) is 0 Å². The topological polar surface area (TPSA) is 113 Å². The van der Waals surface area contributed by atoms with Crippen molar-refractivity contribution in [2.75, 3.05) is 67.1 Å². The quantitative estimate of drug-likeness (QED) is 0.496. The van der Waals surface area contributed by atoms with Crippen molar-refractivity contribution in [2.24, 2.45) is 0 Å². The van der Waals surface area contributed by atoms with E-state index in [1.807, 2.05) is 6.92 Å². The van der Waals surface area contributed by atoms with Crippen molar-refractivity contribution in [3.63, 3.8) is 0 Å². The molecule has 11 heteroatoms. The number of hydrogen-bond acceptors (Lipinski definition) is 7. The Balaban J connectivity index is 1.94. The maximum atomic E-state index is 13.3. The molecule has 0 aromatic heterocycles. The minimum Gasteiger partial charge on any atom is -0.493 e. The van der Waals surface area contributed by atoms with E-state index in [0.29, 0.717) is 67.6 Å². The zero-order valence-corrected chi connectivity index (χ0v) is 21.8. The van der Waals surface area contributed by atoms with Gasteiger partial charge in [0.1, 0.15) is 0 Å². The molecule has 0 spiro atoms. The first-order valence-electron chi connectivity index (χ1n) is 12.3. The Labute approximate surface area is 212 Å². The number of urea groups is 2. The van der Waals surface area contributed by atoms with Gasteiger partial charge >= 0.3 is 18.0 Å². The van der Waals surface area contributed by atoms with Crippen molar-refractivity contribution in [2.45, 2.75) is 26.3 Å². The fourth-order valence-corrected chi connectivity index (χ4v) is 4.44. The van der Waals surface area contributed by atoms with Crippen LogP contribution in [0.5, 0.6) is 11.5 Å². The minimum atomic E-state index is -0.783. The highest BCUT2D eigenvalue weighted by atomic mass is 16.5. The average Bonchev–Trinajstić information content (AvgIpc) is 2.89. The molecular weight excluding hydrogens is 466 g/mol. The summed E-state index contributed by atoms with van der Waals surface area (Å²) in [6.07, 6.45) is 0.879. The van der Waals surface area contributed by atoms with Crippen LogP contribution >= 0.6 is 0 Å². The molecule has 1 aromatic carbocycles. The molecule has 1 saturated heterocycles. The van der Waals surface area contributed by atoms with Crippen LogP contribution in [-0.4, -0.2) is 99.9 Å². The number of hydrogen-bond donors (Lipinski definition) is 2. The van der Waals surface area contributed by atoms with Gasteiger partial charge in [0.25, 0.3) is 0 Å². The van der Waals surface area contributed by atoms with Gasteiger partial charge in [-0.25, -0.2) is 14.4 Å². The van der Waals surface area contributed by atoms with Crippen molar-refractivity contribution < 1.29 is 28.6 Å². The third-order valence-electron chi connectivity index (χ3n) is 6.38. The van der Waals surface area contributed by atoms with Gasteiger partial charge in [-0.15, -0.1) is 0 Å². The molecule has 2 aliphatic heterocycles. The summed E-state index contributed by atoms with van der Waals surface area (Å²) in [5, 5.41) is 5.83. The van der Waals surface area contributed by atoms with Gasteiger partial charge < -0.3 is 29.7 Å². The fourth-order valence-electron chi connectivity index (χ4n) is 4.44. The number of carbonyl (C=O) groups excluding carboxylic acids is 3. The van der Waals surface area contributed by atoms with Gasteiger partial charge in [-0.3, -0.25) is 9.80 Å². The molecule has 36 heavy (non-hydrogen) atoms. The molecule has 3 rings (SSSR count). The van der Waals surface area contributed by atoms with Gasteiger partial charge in [0.2, 0.25) is 0 Å². The summed E-state index contributed by atoms with van der Waals surface area (Å²) in [4.78, 5) is 44.0. The van der Waals surface area contributed by atoms with Crippen LogP contribution < -0.4 is 20.1 Å². The number of rotatable bonds is 9. The summed E-state index contributed by atoms with van der Waals surface area (Å²) in [6.45, 7) is 7.28. The van der Waals surface area contributed by atoms with E-state index in [-0.39, 0.29) is 18.7 Å². The molecule has 2 heterocycles. The summed E-state index contributed by atoms with van der Waals surface area (Å²) in [6, 6.07) is 4.14. The number of esters is 1. The van der Waals surface area contributed by atoms with Gasteiger partial charge in [0, 0.05) is 57.6 Å². The van der Waals surface area contributed by atoms with E-state index >= 15 is 0 Å². The molecule has 11 nitrogen and oxygen atoms in total. The maximum Gasteiger partial charge on any atom is 0.338 e. The Hall–Kier alpha value is -3.47. The second-order valence-electron chi connectivity index (χ2n) is 8.60. The van der Waals surface area contributed by atoms with Gasteiger partial charge in [0.15, 0.2) is 11.5 Å². The number of ether oxygens (including phenoxy) is 3. The largest absolute Gasteiger partial charge is 0.493 e. The lowest BCUT2D eigenvalue weighted by Crippen LogP contribution is -2.54. The summed E-state index contributed by atoms with van der Waals surface area (Å²) in [5.74, 6) is 0.417. The molecule has 0 saturated carbocycles. The van der Waals surface area contributed by atoms with E-state index in [1.165, 1.54) is 19.1 Å². The van der Waals surface area contributed by atoms with Gasteiger partial charge in [-0.1, -0.05) is 19.1 Å². The number of nitrogens with one attached hydrogen (secondary N) is 2. The molecule has 2 N–H and O–H groups in total. The lowest BCUT2D eigenvalue weighted by molar-refractivity contribution is -0.139. The van der Waals surface area contributed by atoms with Crippen molar-refractivity contribution in [3.05, 3.63) is 35.0 Å². The summed E-state index contributed by atoms with van der Waals surface area (Å²) in [7, 11) is 4.69. The molecule has 0 unspecified atom stereocenters. The highest BCUT2D eigenvalue weighted by Crippen LogP contribution is 2.40. The number of para-hydroxylation sites is 1. The lowest BCUT2D eigenvalue weighted by atomic mass is 9.93. The fraction of sp³-hybridized carbons (Fsp3) is 0.560. The Kier molecular flexibility index (Phi) is 9.40. The van der Waals surface area contributed by atoms with Gasteiger partial charge in [-0.2, -0.15) is 0 Å². The van der Waals surface area contributed by atoms with E-state index in [9.17, 15) is 14.4 Å². The van der Waals surface area contributed by atoms with Crippen LogP contribution in [0, 0.1) is 0 Å². The third-order valence-corrected chi connectivity index (χ3v) is 6.38. The molecule has 1 aromatic rings. The number of likely N-dealkylation sites (N-methyl/N-ethyl adjacent to an activating group) is 1. The normalized spacial score (nSPS) is 18.6. The standard InChI is InChI=1S/C25H37N5O6/c1-6-11-26-24(32)30-14-12-29(13-15-30)16-18-20(23(31)36-7-2)21(27-25(33)28(18)3)17-9-8-10-19(34-4)22(17)35-5/h8-10,21H,6-7,11-16H2,1-5H3,(H,26,32)(H,27,33)/t21-/m0/s1. The van der Waals surface area contributed by atoms with Gasteiger partial charge in [0.05, 0.1) is 32.4 Å². The Bertz CT molecular complexity index is 989. The molecule has 4 amide bonds. The van der Waals surface area contributed by atoms with E-state index < -0.39 is 12.0 Å². The summed E-state index contributed by atoms with van der Waals surface area (Å²) < 4.78 is 16.5. The highest BCUT2D eigenvalue weighted by molar-refractivity contribution is 5.95. The zero-order valence-electron chi connectivity index (χ0n) is 21.8. The van der Waals surface area contributed by atoms with Crippen LogP contribution in [-0.2, 0) is 9.53 Å². The Morgan fingerprint density at radius 2 is 1.83 bits per heavy atom. The molecule has 2 aliphatic rings. The first-order valence-corrected chi connectivity index (χ1v) is 12.3. The van der Waals surface area contributed by atoms with E-state index in [1.54, 1.807) is 37.1 Å². The van der Waals surface area contributed by atoms with Crippen LogP contribution in [0.3, 0.4) is 0 Å². The number of carbonyl (C=O) groups is 3. The second kappa shape index (κ2) is 12.5. The predicted octanol–water partition coefficient (Wildman–Crippen LogP) is 1.95. The molecule has 1 atom stereocenters. The van der Waals surface area contributed by atoms with Crippen molar-refractivity contribution in [3.8, 4) is 11.5 Å². The molecule has 198 valence electrons. The molecule has 0 bridgehead atoms. The first-order chi connectivity index (χ1) is 17.4. The lowest BCUT2D eigenvalue weighted by Gasteiger charge is -2.39. The number of amides is 4. The summed E-state index contributed by atoms with van der Waals surface area (Å²) >= 11 is 0. The van der Waals surface area contributed by atoms with Crippen molar-refractivity contribution in [1.82, 2.24) is 25.3 Å².